The van der Waals surface area contributed by atoms with Crippen LogP contribution in [-0.2, 0) is 20.7 Å². The molecule has 0 aromatic heterocycles. The lowest BCUT2D eigenvalue weighted by Crippen LogP contribution is -2.54. The van der Waals surface area contributed by atoms with E-state index < -0.39 is 29.7 Å². The Morgan fingerprint density at radius 3 is 2.35 bits per heavy atom. The van der Waals surface area contributed by atoms with Crippen molar-refractivity contribution in [2.24, 2.45) is 5.92 Å². The number of halogens is 1. The van der Waals surface area contributed by atoms with Gasteiger partial charge in [-0.3, -0.25) is 9.59 Å². The van der Waals surface area contributed by atoms with E-state index in [1.807, 2.05) is 80.6 Å². The van der Waals surface area contributed by atoms with Crippen LogP contribution in [0.3, 0.4) is 0 Å². The van der Waals surface area contributed by atoms with Crippen molar-refractivity contribution in [3.05, 3.63) is 107 Å². The number of para-hydroxylation sites is 1. The predicted octanol–water partition coefficient (Wildman–Crippen LogP) is 7.34. The van der Waals surface area contributed by atoms with Crippen LogP contribution in [-0.4, -0.2) is 40.5 Å². The molecular formula is C35H40ClN3O4. The molecule has 8 heteroatoms. The molecule has 0 saturated heterocycles. The number of amides is 3. The molecule has 1 fully saturated rings. The summed E-state index contributed by atoms with van der Waals surface area (Å²) in [5, 5.41) is 6.22. The first kappa shape index (κ1) is 31.8. The van der Waals surface area contributed by atoms with E-state index in [9.17, 15) is 14.4 Å². The van der Waals surface area contributed by atoms with Gasteiger partial charge in [0.15, 0.2) is 0 Å². The Labute approximate surface area is 259 Å². The molecule has 4 atom stereocenters. The van der Waals surface area contributed by atoms with E-state index in [4.69, 9.17) is 16.3 Å². The monoisotopic (exact) mass is 601 g/mol. The second-order valence-electron chi connectivity index (χ2n) is 12.1. The highest BCUT2D eigenvalue weighted by atomic mass is 35.5. The van der Waals surface area contributed by atoms with Crippen molar-refractivity contribution in [2.75, 3.05) is 5.32 Å². The quantitative estimate of drug-likeness (QED) is 0.254. The van der Waals surface area contributed by atoms with Crippen molar-refractivity contribution in [3.8, 4) is 0 Å². The first-order chi connectivity index (χ1) is 20.4. The van der Waals surface area contributed by atoms with Crippen LogP contribution in [0.15, 0.2) is 79.4 Å². The number of carbonyl (C=O) groups excluding carboxylic acids is 3. The zero-order valence-corrected chi connectivity index (χ0v) is 26.2. The zero-order chi connectivity index (χ0) is 31.3. The molecule has 1 aliphatic rings. The number of rotatable bonds is 10. The molecule has 0 spiro atoms. The van der Waals surface area contributed by atoms with Gasteiger partial charge in [-0.2, -0.15) is 0 Å². The van der Waals surface area contributed by atoms with Crippen LogP contribution >= 0.6 is 11.6 Å². The average molecular weight is 602 g/mol. The SMILES string of the molecule is C=Cc1cccc(C(C(=O)Nc2c(C)cccc2Cl)N(C(=O)C(Cc2ccccc2)NC(=O)OC(C)(C)C)C2CC2C)c1. The average Bonchev–Trinajstić information content (AvgIpc) is 3.68. The summed E-state index contributed by atoms with van der Waals surface area (Å²) in [4.78, 5) is 43.6. The van der Waals surface area contributed by atoms with Gasteiger partial charge in [-0.15, -0.1) is 0 Å². The fourth-order valence-corrected chi connectivity index (χ4v) is 5.40. The minimum atomic E-state index is -1.00. The number of nitrogens with zero attached hydrogens (tertiary/aromatic N) is 1. The van der Waals surface area contributed by atoms with Crippen molar-refractivity contribution in [1.29, 1.82) is 0 Å². The number of carbonyl (C=O) groups is 3. The molecule has 1 aliphatic carbocycles. The van der Waals surface area contributed by atoms with Gasteiger partial charge in [0, 0.05) is 12.5 Å². The summed E-state index contributed by atoms with van der Waals surface area (Å²) in [6.07, 6.45) is 1.95. The lowest BCUT2D eigenvalue weighted by molar-refractivity contribution is -0.141. The summed E-state index contributed by atoms with van der Waals surface area (Å²) in [5.74, 6) is -0.604. The Morgan fingerprint density at radius 1 is 1.07 bits per heavy atom. The van der Waals surface area contributed by atoms with E-state index in [1.54, 1.807) is 37.8 Å². The topological polar surface area (TPSA) is 87.7 Å². The van der Waals surface area contributed by atoms with E-state index in [0.717, 1.165) is 23.1 Å². The number of anilines is 1. The lowest BCUT2D eigenvalue weighted by atomic mass is 9.98. The Bertz CT molecular complexity index is 1460. The highest BCUT2D eigenvalue weighted by molar-refractivity contribution is 6.34. The number of ether oxygens (including phenoxy) is 1. The van der Waals surface area contributed by atoms with E-state index in [0.29, 0.717) is 16.3 Å². The van der Waals surface area contributed by atoms with Crippen LogP contribution < -0.4 is 10.6 Å². The molecule has 4 unspecified atom stereocenters. The summed E-state index contributed by atoms with van der Waals surface area (Å²) >= 11 is 6.49. The third kappa shape index (κ3) is 8.26. The smallest absolute Gasteiger partial charge is 0.408 e. The van der Waals surface area contributed by atoms with Gasteiger partial charge in [0.25, 0.3) is 5.91 Å². The maximum Gasteiger partial charge on any atom is 0.408 e. The van der Waals surface area contributed by atoms with Crippen LogP contribution in [0.1, 0.15) is 62.4 Å². The van der Waals surface area contributed by atoms with Gasteiger partial charge < -0.3 is 20.3 Å². The molecule has 3 amide bonds. The molecule has 1 saturated carbocycles. The van der Waals surface area contributed by atoms with Crippen LogP contribution in [0.4, 0.5) is 10.5 Å². The summed E-state index contributed by atoms with van der Waals surface area (Å²) < 4.78 is 5.54. The highest BCUT2D eigenvalue weighted by Gasteiger charge is 2.48. The number of benzene rings is 3. The number of nitrogens with one attached hydrogen (secondary N) is 2. The summed E-state index contributed by atoms with van der Waals surface area (Å²) in [7, 11) is 0. The van der Waals surface area contributed by atoms with E-state index in [-0.39, 0.29) is 24.3 Å². The van der Waals surface area contributed by atoms with Crippen molar-refractivity contribution in [1.82, 2.24) is 10.2 Å². The number of hydrogen-bond acceptors (Lipinski definition) is 4. The van der Waals surface area contributed by atoms with Gasteiger partial charge in [-0.1, -0.05) is 91.8 Å². The Hall–Kier alpha value is -4.10. The van der Waals surface area contributed by atoms with Crippen molar-refractivity contribution < 1.29 is 19.1 Å². The Morgan fingerprint density at radius 2 is 1.74 bits per heavy atom. The molecule has 0 heterocycles. The van der Waals surface area contributed by atoms with Crippen LogP contribution in [0, 0.1) is 12.8 Å². The standard InChI is InChI=1S/C35H40ClN3O4/c1-7-24-16-12-17-26(20-24)31(32(40)38-30-22(2)13-11-18-27(30)36)39(29-19-23(29)3)33(41)28(21-25-14-9-8-10-15-25)37-34(42)43-35(4,5)6/h7-18,20,23,28-29,31H,1,19,21H2,2-6H3,(H,37,42)(H,38,40). The molecule has 43 heavy (non-hydrogen) atoms. The molecule has 4 rings (SSSR count). The summed E-state index contributed by atoms with van der Waals surface area (Å²) in [5.41, 5.74) is 2.84. The molecule has 2 N–H and O–H groups in total. The van der Waals surface area contributed by atoms with Crippen LogP contribution in [0.2, 0.25) is 5.02 Å². The summed E-state index contributed by atoms with van der Waals surface area (Å²) in [6.45, 7) is 13.1. The maximum atomic E-state index is 14.7. The van der Waals surface area contributed by atoms with E-state index >= 15 is 0 Å². The second-order valence-corrected chi connectivity index (χ2v) is 12.5. The van der Waals surface area contributed by atoms with Gasteiger partial charge in [0.2, 0.25) is 5.91 Å². The minimum absolute atomic E-state index is 0.169. The van der Waals surface area contributed by atoms with Crippen molar-refractivity contribution in [3.63, 3.8) is 0 Å². The van der Waals surface area contributed by atoms with Crippen LogP contribution in [0.5, 0.6) is 0 Å². The fraction of sp³-hybridized carbons (Fsp3) is 0.343. The molecule has 3 aromatic rings. The minimum Gasteiger partial charge on any atom is -0.444 e. The molecule has 7 nitrogen and oxygen atoms in total. The van der Waals surface area contributed by atoms with Gasteiger partial charge in [-0.25, -0.2) is 4.79 Å². The van der Waals surface area contributed by atoms with Crippen LogP contribution in [0.25, 0.3) is 6.08 Å². The third-order valence-electron chi connectivity index (χ3n) is 7.41. The third-order valence-corrected chi connectivity index (χ3v) is 7.72. The van der Waals surface area contributed by atoms with E-state index in [2.05, 4.69) is 17.2 Å². The lowest BCUT2D eigenvalue weighted by Gasteiger charge is -2.35. The summed E-state index contributed by atoms with van der Waals surface area (Å²) in [6, 6.07) is 20.1. The van der Waals surface area contributed by atoms with E-state index in [1.165, 1.54) is 0 Å². The molecule has 226 valence electrons. The number of hydrogen-bond donors (Lipinski definition) is 2. The molecule has 0 radical (unpaired) electrons. The van der Waals surface area contributed by atoms with Crippen molar-refractivity contribution >= 4 is 41.3 Å². The van der Waals surface area contributed by atoms with Gasteiger partial charge in [0.1, 0.15) is 17.7 Å². The number of aryl methyl sites for hydroxylation is 1. The highest BCUT2D eigenvalue weighted by Crippen LogP contribution is 2.41. The van der Waals surface area contributed by atoms with Gasteiger partial charge in [0.05, 0.1) is 10.7 Å². The predicted molar refractivity (Wildman–Crippen MR) is 172 cm³/mol. The first-order valence-corrected chi connectivity index (χ1v) is 14.9. The second kappa shape index (κ2) is 13.5. The molecule has 3 aromatic carbocycles. The Kier molecular flexibility index (Phi) is 9.97. The first-order valence-electron chi connectivity index (χ1n) is 14.5. The van der Waals surface area contributed by atoms with Gasteiger partial charge in [-0.05, 0) is 74.4 Å². The zero-order valence-electron chi connectivity index (χ0n) is 25.4. The molecule has 0 aliphatic heterocycles. The molecular weight excluding hydrogens is 562 g/mol. The normalized spacial score (nSPS) is 17.3. The van der Waals surface area contributed by atoms with Gasteiger partial charge >= 0.3 is 6.09 Å². The Balaban J connectivity index is 1.79. The van der Waals surface area contributed by atoms with Crippen molar-refractivity contribution in [2.45, 2.75) is 71.2 Å². The fourth-order valence-electron chi connectivity index (χ4n) is 5.13. The number of alkyl carbamates (subject to hydrolysis) is 1. The largest absolute Gasteiger partial charge is 0.444 e. The molecule has 0 bridgehead atoms. The maximum absolute atomic E-state index is 14.7.